The molecule has 0 radical (unpaired) electrons. The zero-order chi connectivity index (χ0) is 16.1. The Hall–Kier alpha value is -2.51. The van der Waals surface area contributed by atoms with Crippen molar-refractivity contribution in [3.05, 3.63) is 57.8 Å². The van der Waals surface area contributed by atoms with E-state index >= 15 is 0 Å². The van der Waals surface area contributed by atoms with Gasteiger partial charge in [-0.2, -0.15) is 0 Å². The maximum absolute atomic E-state index is 10.8. The van der Waals surface area contributed by atoms with Crippen LogP contribution in [0.25, 0.3) is 0 Å². The van der Waals surface area contributed by atoms with Gasteiger partial charge in [-0.1, -0.05) is 12.1 Å². The van der Waals surface area contributed by atoms with Crippen LogP contribution >= 0.6 is 0 Å². The predicted molar refractivity (Wildman–Crippen MR) is 82.2 cm³/mol. The molecule has 7 nitrogen and oxygen atoms in total. The second-order valence-electron chi connectivity index (χ2n) is 4.78. The molecule has 0 saturated heterocycles. The van der Waals surface area contributed by atoms with Crippen LogP contribution in [0.1, 0.15) is 17.4 Å². The number of benzene rings is 1. The van der Waals surface area contributed by atoms with Gasteiger partial charge >= 0.3 is 0 Å². The van der Waals surface area contributed by atoms with E-state index in [4.69, 9.17) is 4.74 Å². The lowest BCUT2D eigenvalue weighted by molar-refractivity contribution is -0.385. The van der Waals surface area contributed by atoms with Crippen molar-refractivity contribution >= 4 is 17.2 Å². The third-order valence-electron chi connectivity index (χ3n) is 3.12. The molecule has 0 aliphatic rings. The normalized spacial score (nSPS) is 12.0. The van der Waals surface area contributed by atoms with E-state index in [9.17, 15) is 15.2 Å². The van der Waals surface area contributed by atoms with Crippen LogP contribution in [0.2, 0.25) is 0 Å². The maximum atomic E-state index is 10.8. The molecule has 7 heteroatoms. The number of nitro groups is 1. The van der Waals surface area contributed by atoms with E-state index in [1.165, 1.54) is 13.2 Å². The van der Waals surface area contributed by atoms with Crippen LogP contribution in [-0.4, -0.2) is 28.7 Å². The summed E-state index contributed by atoms with van der Waals surface area (Å²) in [5.41, 5.74) is 1.76. The fourth-order valence-electron chi connectivity index (χ4n) is 2.04. The Kier molecular flexibility index (Phi) is 5.03. The molecule has 1 heterocycles. The summed E-state index contributed by atoms with van der Waals surface area (Å²) < 4.78 is 4.92. The summed E-state index contributed by atoms with van der Waals surface area (Å²) in [7, 11) is 1.52. The zero-order valence-electron chi connectivity index (χ0n) is 12.3. The number of nitrogens with zero attached hydrogens (tertiary/aromatic N) is 2. The lowest BCUT2D eigenvalue weighted by Crippen LogP contribution is -2.05. The first-order valence-electron chi connectivity index (χ1n) is 6.67. The molecule has 2 aromatic rings. The summed E-state index contributed by atoms with van der Waals surface area (Å²) in [5.74, 6) is 0.501. The predicted octanol–water partition coefficient (Wildman–Crippen LogP) is 2.72. The minimum atomic E-state index is -0.710. The first-order valence-corrected chi connectivity index (χ1v) is 6.67. The Morgan fingerprint density at radius 3 is 2.82 bits per heavy atom. The van der Waals surface area contributed by atoms with Gasteiger partial charge in [-0.3, -0.25) is 10.1 Å². The molecule has 22 heavy (non-hydrogen) atoms. The van der Waals surface area contributed by atoms with Crippen LogP contribution in [0.4, 0.5) is 17.2 Å². The van der Waals surface area contributed by atoms with Gasteiger partial charge in [0.25, 0.3) is 5.69 Å². The van der Waals surface area contributed by atoms with E-state index in [1.807, 2.05) is 6.07 Å². The highest BCUT2D eigenvalue weighted by Crippen LogP contribution is 2.23. The van der Waals surface area contributed by atoms with Crippen LogP contribution in [0.15, 0.2) is 36.4 Å². The van der Waals surface area contributed by atoms with Crippen molar-refractivity contribution in [1.29, 1.82) is 0 Å². The van der Waals surface area contributed by atoms with Crippen molar-refractivity contribution in [2.24, 2.45) is 0 Å². The molecule has 0 saturated carbocycles. The van der Waals surface area contributed by atoms with Gasteiger partial charge in [0.1, 0.15) is 17.6 Å². The van der Waals surface area contributed by atoms with Crippen LogP contribution in [0, 0.1) is 17.0 Å². The summed E-state index contributed by atoms with van der Waals surface area (Å²) in [6.07, 6.45) is -0.710. The van der Waals surface area contributed by atoms with Gasteiger partial charge in [-0.05, 0) is 30.7 Å². The molecule has 0 fully saturated rings. The minimum Gasteiger partial charge on any atom is -0.386 e. The number of aryl methyl sites for hydroxylation is 1. The molecule has 0 bridgehead atoms. The fraction of sp³-hybridized carbons (Fsp3) is 0.267. The fourth-order valence-corrected chi connectivity index (χ4v) is 2.04. The Labute approximate surface area is 127 Å². The molecular weight excluding hydrogens is 286 g/mol. The first kappa shape index (κ1) is 15.9. The molecular formula is C15H17N3O4. The second kappa shape index (κ2) is 6.97. The number of aliphatic hydroxyl groups excluding tert-OH is 1. The molecule has 2 rings (SSSR count). The van der Waals surface area contributed by atoms with Gasteiger partial charge in [-0.15, -0.1) is 0 Å². The van der Waals surface area contributed by atoms with E-state index in [0.717, 1.165) is 5.69 Å². The molecule has 1 atom stereocenters. The highest BCUT2D eigenvalue weighted by molar-refractivity contribution is 5.58. The number of aromatic nitrogens is 1. The van der Waals surface area contributed by atoms with Crippen molar-refractivity contribution in [2.75, 3.05) is 19.0 Å². The number of aliphatic hydroxyl groups is 1. The quantitative estimate of drug-likeness (QED) is 0.629. The number of rotatable bonds is 6. The van der Waals surface area contributed by atoms with Crippen LogP contribution < -0.4 is 5.32 Å². The molecule has 116 valence electrons. The summed E-state index contributed by atoms with van der Waals surface area (Å²) in [5, 5.41) is 23.7. The largest absolute Gasteiger partial charge is 0.386 e. The standard InChI is InChI=1S/C15H17N3O4/c1-10-13(18(20)21)6-7-15(16-10)17-12-5-3-4-11(8-12)14(19)9-22-2/h3-8,14,19H,9H2,1-2H3,(H,16,17). The number of anilines is 2. The summed E-state index contributed by atoms with van der Waals surface area (Å²) >= 11 is 0. The molecule has 0 aliphatic heterocycles. The van der Waals surface area contributed by atoms with Gasteiger partial charge < -0.3 is 15.2 Å². The molecule has 1 unspecified atom stereocenters. The number of nitrogens with one attached hydrogen (secondary N) is 1. The Morgan fingerprint density at radius 1 is 1.41 bits per heavy atom. The van der Waals surface area contributed by atoms with Crippen molar-refractivity contribution in [3.8, 4) is 0 Å². The number of hydrogen-bond donors (Lipinski definition) is 2. The molecule has 1 aromatic heterocycles. The Balaban J connectivity index is 2.19. The Bertz CT molecular complexity index is 676. The third kappa shape index (κ3) is 3.78. The smallest absolute Gasteiger partial charge is 0.290 e. The van der Waals surface area contributed by atoms with E-state index < -0.39 is 11.0 Å². The van der Waals surface area contributed by atoms with E-state index in [2.05, 4.69) is 10.3 Å². The average Bonchev–Trinajstić information content (AvgIpc) is 2.47. The molecule has 1 aromatic carbocycles. The second-order valence-corrected chi connectivity index (χ2v) is 4.78. The number of hydrogen-bond acceptors (Lipinski definition) is 6. The first-order chi connectivity index (χ1) is 10.5. The summed E-state index contributed by atoms with van der Waals surface area (Å²) in [6.45, 7) is 1.79. The van der Waals surface area contributed by atoms with E-state index in [1.54, 1.807) is 31.2 Å². The van der Waals surface area contributed by atoms with Gasteiger partial charge in [0.2, 0.25) is 0 Å². The molecule has 2 N–H and O–H groups in total. The van der Waals surface area contributed by atoms with Crippen molar-refractivity contribution in [3.63, 3.8) is 0 Å². The lowest BCUT2D eigenvalue weighted by Gasteiger charge is -2.12. The third-order valence-corrected chi connectivity index (χ3v) is 3.12. The molecule has 0 amide bonds. The number of ether oxygens (including phenoxy) is 1. The summed E-state index contributed by atoms with van der Waals surface area (Å²) in [4.78, 5) is 14.5. The SMILES string of the molecule is COCC(O)c1cccc(Nc2ccc([N+](=O)[O-])c(C)n2)c1. The van der Waals surface area contributed by atoms with Crippen LogP contribution in [-0.2, 0) is 4.74 Å². The number of pyridine rings is 1. The highest BCUT2D eigenvalue weighted by atomic mass is 16.6. The zero-order valence-corrected chi connectivity index (χ0v) is 12.3. The van der Waals surface area contributed by atoms with E-state index in [0.29, 0.717) is 17.1 Å². The van der Waals surface area contributed by atoms with Crippen molar-refractivity contribution in [2.45, 2.75) is 13.0 Å². The van der Waals surface area contributed by atoms with Crippen LogP contribution in [0.5, 0.6) is 0 Å². The Morgan fingerprint density at radius 2 is 2.18 bits per heavy atom. The topological polar surface area (TPSA) is 97.5 Å². The van der Waals surface area contributed by atoms with Crippen molar-refractivity contribution in [1.82, 2.24) is 4.98 Å². The average molecular weight is 303 g/mol. The highest BCUT2D eigenvalue weighted by Gasteiger charge is 2.12. The minimum absolute atomic E-state index is 0.0187. The van der Waals surface area contributed by atoms with Gasteiger partial charge in [0, 0.05) is 18.9 Å². The summed E-state index contributed by atoms with van der Waals surface area (Å²) in [6, 6.07) is 10.2. The molecule has 0 spiro atoms. The van der Waals surface area contributed by atoms with Crippen LogP contribution in [0.3, 0.4) is 0 Å². The van der Waals surface area contributed by atoms with Crippen molar-refractivity contribution < 1.29 is 14.8 Å². The molecule has 0 aliphatic carbocycles. The lowest BCUT2D eigenvalue weighted by atomic mass is 10.1. The van der Waals surface area contributed by atoms with Gasteiger partial charge in [-0.25, -0.2) is 4.98 Å². The van der Waals surface area contributed by atoms with Gasteiger partial charge in [0.15, 0.2) is 0 Å². The van der Waals surface area contributed by atoms with Gasteiger partial charge in [0.05, 0.1) is 11.5 Å². The monoisotopic (exact) mass is 303 g/mol. The maximum Gasteiger partial charge on any atom is 0.290 e. The van der Waals surface area contributed by atoms with E-state index in [-0.39, 0.29) is 12.3 Å². The number of methoxy groups -OCH3 is 1.